The van der Waals surface area contributed by atoms with Crippen LogP contribution in [0.25, 0.3) is 11.4 Å². The van der Waals surface area contributed by atoms with E-state index in [9.17, 15) is 4.79 Å². The highest BCUT2D eigenvalue weighted by Crippen LogP contribution is 2.27. The van der Waals surface area contributed by atoms with Crippen LogP contribution in [0.2, 0.25) is 0 Å². The number of carbonyl (C=O) groups excluding carboxylic acids is 1. The second kappa shape index (κ2) is 6.89. The quantitative estimate of drug-likeness (QED) is 0.518. The Bertz CT molecular complexity index is 1020. The number of hydrogen-bond donors (Lipinski definition) is 0. The molecular formula is C21H23N5O2. The molecule has 0 saturated heterocycles. The molecule has 7 heteroatoms. The molecule has 28 heavy (non-hydrogen) atoms. The summed E-state index contributed by atoms with van der Waals surface area (Å²) in [4.78, 5) is 21.6. The molecule has 0 fully saturated rings. The number of esters is 1. The van der Waals surface area contributed by atoms with Crippen molar-refractivity contribution >= 4 is 5.97 Å². The van der Waals surface area contributed by atoms with Gasteiger partial charge in [0.1, 0.15) is 23.2 Å². The number of nitrogens with zero attached hydrogens (tertiary/aromatic N) is 5. The number of aryl methyl sites for hydroxylation is 3. The van der Waals surface area contributed by atoms with Crippen molar-refractivity contribution in [3.8, 4) is 17.1 Å². The maximum absolute atomic E-state index is 12.6. The van der Waals surface area contributed by atoms with E-state index < -0.39 is 0 Å². The molecule has 0 aliphatic carbocycles. The molecule has 0 radical (unpaired) electrons. The lowest BCUT2D eigenvalue weighted by Gasteiger charge is -2.21. The first-order valence-corrected chi connectivity index (χ1v) is 9.94. The van der Waals surface area contributed by atoms with Crippen LogP contribution in [0.4, 0.5) is 0 Å². The Balaban J connectivity index is 1.28. The van der Waals surface area contributed by atoms with E-state index in [2.05, 4.69) is 19.6 Å². The molecule has 3 aromatic rings. The predicted molar refractivity (Wildman–Crippen MR) is 103 cm³/mol. The molecule has 2 aromatic heterocycles. The van der Waals surface area contributed by atoms with E-state index in [4.69, 9.17) is 4.74 Å². The van der Waals surface area contributed by atoms with Crippen LogP contribution >= 0.6 is 0 Å². The minimum Gasteiger partial charge on any atom is -0.426 e. The molecule has 4 heterocycles. The molecule has 1 unspecified atom stereocenters. The van der Waals surface area contributed by atoms with E-state index in [0.717, 1.165) is 48.8 Å². The zero-order chi connectivity index (χ0) is 19.1. The van der Waals surface area contributed by atoms with Crippen LogP contribution in [0.1, 0.15) is 36.6 Å². The van der Waals surface area contributed by atoms with Crippen LogP contribution < -0.4 is 4.74 Å². The standard InChI is InChI=1S/C21H23N5O2/c1-14-23-19-10-7-16(13-26(19)24-14)21(27)28-18-8-5-15(6-9-18)20-22-12-17-4-2-3-11-25(17)20/h5-6,8-9,12,16H,2-4,7,10-11,13H2,1H3. The lowest BCUT2D eigenvalue weighted by molar-refractivity contribution is -0.140. The average Bonchev–Trinajstić information content (AvgIpc) is 3.30. The molecule has 1 aromatic carbocycles. The first-order chi connectivity index (χ1) is 13.7. The number of hydrogen-bond acceptors (Lipinski definition) is 5. The lowest BCUT2D eigenvalue weighted by Crippen LogP contribution is -2.30. The summed E-state index contributed by atoms with van der Waals surface area (Å²) < 4.78 is 9.76. The fourth-order valence-corrected chi connectivity index (χ4v) is 4.16. The van der Waals surface area contributed by atoms with Gasteiger partial charge in [-0.25, -0.2) is 14.6 Å². The van der Waals surface area contributed by atoms with Gasteiger partial charge in [0.05, 0.1) is 12.5 Å². The summed E-state index contributed by atoms with van der Waals surface area (Å²) >= 11 is 0. The van der Waals surface area contributed by atoms with Crippen LogP contribution in [0, 0.1) is 12.8 Å². The summed E-state index contributed by atoms with van der Waals surface area (Å²) in [5, 5.41) is 4.35. The van der Waals surface area contributed by atoms with Crippen LogP contribution in [-0.4, -0.2) is 30.3 Å². The number of ether oxygens (including phenoxy) is 1. The Morgan fingerprint density at radius 2 is 2.04 bits per heavy atom. The van der Waals surface area contributed by atoms with Crippen molar-refractivity contribution in [1.29, 1.82) is 0 Å². The highest BCUT2D eigenvalue weighted by Gasteiger charge is 2.28. The summed E-state index contributed by atoms with van der Waals surface area (Å²) in [5.41, 5.74) is 2.35. The van der Waals surface area contributed by atoms with E-state index in [0.29, 0.717) is 12.3 Å². The smallest absolute Gasteiger partial charge is 0.316 e. The molecule has 0 N–H and O–H groups in total. The van der Waals surface area contributed by atoms with Crippen molar-refractivity contribution in [3.05, 3.63) is 47.8 Å². The van der Waals surface area contributed by atoms with Crippen molar-refractivity contribution in [2.24, 2.45) is 5.92 Å². The van der Waals surface area contributed by atoms with Gasteiger partial charge in [-0.05, 0) is 56.9 Å². The molecule has 7 nitrogen and oxygen atoms in total. The van der Waals surface area contributed by atoms with Gasteiger partial charge in [0.15, 0.2) is 0 Å². The largest absolute Gasteiger partial charge is 0.426 e. The summed E-state index contributed by atoms with van der Waals surface area (Å²) in [7, 11) is 0. The third-order valence-electron chi connectivity index (χ3n) is 5.63. The first-order valence-electron chi connectivity index (χ1n) is 9.94. The highest BCUT2D eigenvalue weighted by atomic mass is 16.5. The number of carbonyl (C=O) groups is 1. The highest BCUT2D eigenvalue weighted by molar-refractivity contribution is 5.75. The Labute approximate surface area is 163 Å². The van der Waals surface area contributed by atoms with Gasteiger partial charge < -0.3 is 9.30 Å². The van der Waals surface area contributed by atoms with Gasteiger partial charge in [-0.1, -0.05) is 0 Å². The van der Waals surface area contributed by atoms with E-state index in [1.807, 2.05) is 42.1 Å². The fourth-order valence-electron chi connectivity index (χ4n) is 4.16. The zero-order valence-electron chi connectivity index (χ0n) is 16.0. The number of fused-ring (bicyclic) bond motifs is 2. The van der Waals surface area contributed by atoms with Crippen LogP contribution in [0.3, 0.4) is 0 Å². The third-order valence-corrected chi connectivity index (χ3v) is 5.63. The molecule has 0 bridgehead atoms. The monoisotopic (exact) mass is 377 g/mol. The van der Waals surface area contributed by atoms with Gasteiger partial charge in [-0.15, -0.1) is 0 Å². The van der Waals surface area contributed by atoms with Crippen molar-refractivity contribution < 1.29 is 9.53 Å². The molecule has 0 saturated carbocycles. The normalized spacial score (nSPS) is 18.4. The zero-order valence-corrected chi connectivity index (χ0v) is 16.0. The van der Waals surface area contributed by atoms with Gasteiger partial charge in [-0.2, -0.15) is 5.10 Å². The third kappa shape index (κ3) is 3.10. The van der Waals surface area contributed by atoms with E-state index >= 15 is 0 Å². The second-order valence-corrected chi connectivity index (χ2v) is 7.62. The molecule has 0 spiro atoms. The summed E-state index contributed by atoms with van der Waals surface area (Å²) in [5.74, 6) is 2.88. The van der Waals surface area contributed by atoms with Gasteiger partial charge in [-0.3, -0.25) is 4.79 Å². The summed E-state index contributed by atoms with van der Waals surface area (Å²) in [6.45, 7) is 3.43. The van der Waals surface area contributed by atoms with Crippen LogP contribution in [-0.2, 0) is 30.7 Å². The Morgan fingerprint density at radius 1 is 1.18 bits per heavy atom. The van der Waals surface area contributed by atoms with Crippen molar-refractivity contribution in [3.63, 3.8) is 0 Å². The van der Waals surface area contributed by atoms with E-state index in [-0.39, 0.29) is 11.9 Å². The fraction of sp³-hybridized carbons (Fsp3) is 0.429. The van der Waals surface area contributed by atoms with E-state index in [1.54, 1.807) is 0 Å². The first kappa shape index (κ1) is 17.2. The maximum atomic E-state index is 12.6. The number of rotatable bonds is 3. The van der Waals surface area contributed by atoms with Crippen molar-refractivity contribution in [1.82, 2.24) is 24.3 Å². The molecular weight excluding hydrogens is 354 g/mol. The second-order valence-electron chi connectivity index (χ2n) is 7.62. The Hall–Kier alpha value is -2.96. The summed E-state index contributed by atoms with van der Waals surface area (Å²) in [6.07, 6.45) is 7.00. The Kier molecular flexibility index (Phi) is 4.22. The molecule has 1 atom stereocenters. The van der Waals surface area contributed by atoms with Gasteiger partial charge in [0.2, 0.25) is 0 Å². The number of benzene rings is 1. The molecule has 2 aliphatic rings. The van der Waals surface area contributed by atoms with Crippen molar-refractivity contribution in [2.45, 2.75) is 52.1 Å². The molecule has 2 aliphatic heterocycles. The number of imidazole rings is 1. The van der Waals surface area contributed by atoms with E-state index in [1.165, 1.54) is 18.5 Å². The maximum Gasteiger partial charge on any atom is 0.316 e. The number of aromatic nitrogens is 5. The molecule has 0 amide bonds. The van der Waals surface area contributed by atoms with Crippen molar-refractivity contribution in [2.75, 3.05) is 0 Å². The Morgan fingerprint density at radius 3 is 2.89 bits per heavy atom. The average molecular weight is 377 g/mol. The SMILES string of the molecule is Cc1nc2n(n1)CC(C(=O)Oc1ccc(-c3ncc4n3CCCC4)cc1)CC2. The van der Waals surface area contributed by atoms with Crippen LogP contribution in [0.15, 0.2) is 30.5 Å². The topological polar surface area (TPSA) is 74.8 Å². The predicted octanol–water partition coefficient (Wildman–Crippen LogP) is 2.95. The van der Waals surface area contributed by atoms with Gasteiger partial charge in [0, 0.05) is 30.4 Å². The van der Waals surface area contributed by atoms with Gasteiger partial charge in [0.25, 0.3) is 0 Å². The molecule has 5 rings (SSSR count). The summed E-state index contributed by atoms with van der Waals surface area (Å²) in [6, 6.07) is 7.66. The minimum atomic E-state index is -0.204. The van der Waals surface area contributed by atoms with Gasteiger partial charge >= 0.3 is 5.97 Å². The molecule has 144 valence electrons. The van der Waals surface area contributed by atoms with Crippen LogP contribution in [0.5, 0.6) is 5.75 Å². The minimum absolute atomic E-state index is 0.187. The lowest BCUT2D eigenvalue weighted by atomic mass is 10.00.